The van der Waals surface area contributed by atoms with Gasteiger partial charge in [0, 0.05) is 5.69 Å². The lowest BCUT2D eigenvalue weighted by Crippen LogP contribution is -2.40. The van der Waals surface area contributed by atoms with Crippen LogP contribution in [0, 0.1) is 0 Å². The molecular formula is C14H19N3O3. The molecule has 2 rings (SSSR count). The van der Waals surface area contributed by atoms with Gasteiger partial charge in [-0.25, -0.2) is 10.3 Å². The Morgan fingerprint density at radius 2 is 1.85 bits per heavy atom. The third kappa shape index (κ3) is 4.89. The molecule has 1 aromatic carbocycles. The zero-order valence-electron chi connectivity index (χ0n) is 11.2. The molecule has 0 unspecified atom stereocenters. The first-order valence-electron chi connectivity index (χ1n) is 6.78. The van der Waals surface area contributed by atoms with Gasteiger partial charge in [-0.15, -0.1) is 0 Å². The summed E-state index contributed by atoms with van der Waals surface area (Å²) in [5, 5.41) is 5.09. The first kappa shape index (κ1) is 14.3. The van der Waals surface area contributed by atoms with Crippen LogP contribution in [0.1, 0.15) is 25.7 Å². The van der Waals surface area contributed by atoms with Crippen molar-refractivity contribution in [1.82, 2.24) is 10.8 Å². The van der Waals surface area contributed by atoms with Gasteiger partial charge in [-0.05, 0) is 25.0 Å². The Bertz CT molecular complexity index is 444. The predicted molar refractivity (Wildman–Crippen MR) is 74.9 cm³/mol. The molecule has 0 aromatic heterocycles. The molecule has 1 fully saturated rings. The lowest BCUT2D eigenvalue weighted by atomic mass is 10.3. The van der Waals surface area contributed by atoms with Crippen LogP contribution in [0.5, 0.6) is 0 Å². The molecule has 6 nitrogen and oxygen atoms in total. The number of nitrogens with one attached hydrogen (secondary N) is 3. The molecule has 1 aromatic rings. The van der Waals surface area contributed by atoms with Crippen molar-refractivity contribution >= 4 is 17.6 Å². The molecule has 1 aliphatic carbocycles. The number of carbonyl (C=O) groups is 2. The van der Waals surface area contributed by atoms with E-state index >= 15 is 0 Å². The Morgan fingerprint density at radius 1 is 1.15 bits per heavy atom. The van der Waals surface area contributed by atoms with Crippen molar-refractivity contribution in [3.8, 4) is 0 Å². The average Bonchev–Trinajstić information content (AvgIpc) is 2.97. The summed E-state index contributed by atoms with van der Waals surface area (Å²) in [4.78, 5) is 28.3. The highest BCUT2D eigenvalue weighted by molar-refractivity contribution is 5.92. The minimum absolute atomic E-state index is 0.108. The van der Waals surface area contributed by atoms with Gasteiger partial charge >= 0.3 is 6.03 Å². The number of benzene rings is 1. The summed E-state index contributed by atoms with van der Waals surface area (Å²) >= 11 is 0. The third-order valence-electron chi connectivity index (χ3n) is 3.08. The van der Waals surface area contributed by atoms with Crippen LogP contribution in [0.4, 0.5) is 10.5 Å². The molecule has 0 bridgehead atoms. The summed E-state index contributed by atoms with van der Waals surface area (Å²) in [7, 11) is 0. The average molecular weight is 277 g/mol. The van der Waals surface area contributed by atoms with E-state index < -0.39 is 6.03 Å². The third-order valence-corrected chi connectivity index (χ3v) is 3.08. The SMILES string of the molecule is O=C(CNC(=O)Nc1ccccc1)NOC1CCCC1. The van der Waals surface area contributed by atoms with E-state index in [0.717, 1.165) is 25.7 Å². The van der Waals surface area contributed by atoms with Gasteiger partial charge in [0.2, 0.25) is 0 Å². The maximum atomic E-state index is 11.5. The summed E-state index contributed by atoms with van der Waals surface area (Å²) in [6.07, 6.45) is 4.33. The highest BCUT2D eigenvalue weighted by Crippen LogP contribution is 2.19. The topological polar surface area (TPSA) is 79.5 Å². The van der Waals surface area contributed by atoms with Gasteiger partial charge in [-0.1, -0.05) is 31.0 Å². The van der Waals surface area contributed by atoms with Crippen molar-refractivity contribution in [1.29, 1.82) is 0 Å². The lowest BCUT2D eigenvalue weighted by Gasteiger charge is -2.12. The van der Waals surface area contributed by atoms with Crippen LogP contribution in [0.15, 0.2) is 30.3 Å². The largest absolute Gasteiger partial charge is 0.329 e. The number of amides is 3. The van der Waals surface area contributed by atoms with Gasteiger partial charge in [-0.3, -0.25) is 9.63 Å². The second-order valence-corrected chi connectivity index (χ2v) is 4.72. The van der Waals surface area contributed by atoms with Gasteiger partial charge in [0.25, 0.3) is 5.91 Å². The summed E-state index contributed by atoms with van der Waals surface area (Å²) in [5.74, 6) is -0.361. The summed E-state index contributed by atoms with van der Waals surface area (Å²) in [5.41, 5.74) is 3.04. The summed E-state index contributed by atoms with van der Waals surface area (Å²) < 4.78 is 0. The fraction of sp³-hybridized carbons (Fsp3) is 0.429. The molecule has 1 aliphatic rings. The number of rotatable bonds is 5. The maximum Gasteiger partial charge on any atom is 0.319 e. The van der Waals surface area contributed by atoms with E-state index in [1.54, 1.807) is 12.1 Å². The summed E-state index contributed by atoms with van der Waals surface area (Å²) in [6.45, 7) is -0.120. The quantitative estimate of drug-likeness (QED) is 0.718. The molecule has 0 aliphatic heterocycles. The molecule has 3 N–H and O–H groups in total. The molecule has 108 valence electrons. The van der Waals surface area contributed by atoms with Crippen molar-refractivity contribution in [3.63, 3.8) is 0 Å². The van der Waals surface area contributed by atoms with Crippen LogP contribution in [0.2, 0.25) is 0 Å². The van der Waals surface area contributed by atoms with Gasteiger partial charge < -0.3 is 10.6 Å². The number of anilines is 1. The Labute approximate surface area is 117 Å². The number of para-hydroxylation sites is 1. The van der Waals surface area contributed by atoms with Gasteiger partial charge in [-0.2, -0.15) is 0 Å². The fourth-order valence-electron chi connectivity index (χ4n) is 2.05. The van der Waals surface area contributed by atoms with Gasteiger partial charge in [0.15, 0.2) is 0 Å². The highest BCUT2D eigenvalue weighted by atomic mass is 16.7. The molecule has 1 saturated carbocycles. The van der Waals surface area contributed by atoms with E-state index in [4.69, 9.17) is 4.84 Å². The molecule has 6 heteroatoms. The highest BCUT2D eigenvalue weighted by Gasteiger charge is 2.16. The lowest BCUT2D eigenvalue weighted by molar-refractivity contribution is -0.137. The van der Waals surface area contributed by atoms with E-state index in [1.807, 2.05) is 18.2 Å². The molecule has 0 atom stereocenters. The van der Waals surface area contributed by atoms with E-state index in [0.29, 0.717) is 5.69 Å². The first-order chi connectivity index (χ1) is 9.74. The van der Waals surface area contributed by atoms with Crippen LogP contribution in [0.25, 0.3) is 0 Å². The van der Waals surface area contributed by atoms with E-state index in [-0.39, 0.29) is 18.6 Å². The predicted octanol–water partition coefficient (Wildman–Crippen LogP) is 1.80. The van der Waals surface area contributed by atoms with E-state index in [1.165, 1.54) is 0 Å². The minimum atomic E-state index is -0.424. The van der Waals surface area contributed by atoms with E-state index in [2.05, 4.69) is 16.1 Å². The first-order valence-corrected chi connectivity index (χ1v) is 6.78. The fourth-order valence-corrected chi connectivity index (χ4v) is 2.05. The van der Waals surface area contributed by atoms with Gasteiger partial charge in [0.1, 0.15) is 6.54 Å². The van der Waals surface area contributed by atoms with Crippen LogP contribution in [0.3, 0.4) is 0 Å². The van der Waals surface area contributed by atoms with Crippen LogP contribution in [-0.2, 0) is 9.63 Å². The van der Waals surface area contributed by atoms with E-state index in [9.17, 15) is 9.59 Å². The Hall–Kier alpha value is -2.08. The molecule has 0 heterocycles. The number of hydrogen-bond donors (Lipinski definition) is 3. The summed E-state index contributed by atoms with van der Waals surface area (Å²) in [6, 6.07) is 8.60. The Kier molecular flexibility index (Phi) is 5.37. The van der Waals surface area contributed by atoms with Crippen LogP contribution < -0.4 is 16.1 Å². The standard InChI is InChI=1S/C14H19N3O3/c18-13(17-20-12-8-4-5-9-12)10-15-14(19)16-11-6-2-1-3-7-11/h1-3,6-7,12H,4-5,8-10H2,(H,17,18)(H2,15,16,19). The minimum Gasteiger partial charge on any atom is -0.329 e. The van der Waals surface area contributed by atoms with Crippen LogP contribution in [-0.4, -0.2) is 24.6 Å². The molecular weight excluding hydrogens is 258 g/mol. The number of urea groups is 1. The second-order valence-electron chi connectivity index (χ2n) is 4.72. The van der Waals surface area contributed by atoms with Crippen LogP contribution >= 0.6 is 0 Å². The molecule has 20 heavy (non-hydrogen) atoms. The normalized spacial score (nSPS) is 14.8. The van der Waals surface area contributed by atoms with Crippen molar-refractivity contribution in [2.75, 3.05) is 11.9 Å². The number of hydrogen-bond acceptors (Lipinski definition) is 3. The molecule has 0 radical (unpaired) electrons. The zero-order valence-corrected chi connectivity index (χ0v) is 11.2. The van der Waals surface area contributed by atoms with Gasteiger partial charge in [0.05, 0.1) is 6.10 Å². The van der Waals surface area contributed by atoms with Crippen molar-refractivity contribution in [3.05, 3.63) is 30.3 Å². The second kappa shape index (κ2) is 7.49. The van der Waals surface area contributed by atoms with Crippen molar-refractivity contribution < 1.29 is 14.4 Å². The molecule has 0 spiro atoms. The molecule has 0 saturated heterocycles. The van der Waals surface area contributed by atoms with Crippen molar-refractivity contribution in [2.24, 2.45) is 0 Å². The zero-order chi connectivity index (χ0) is 14.2. The Morgan fingerprint density at radius 3 is 2.55 bits per heavy atom. The smallest absolute Gasteiger partial charge is 0.319 e. The Balaban J connectivity index is 1.61. The molecule has 3 amide bonds. The number of hydroxylamine groups is 1. The monoisotopic (exact) mass is 277 g/mol. The number of carbonyl (C=O) groups excluding carboxylic acids is 2. The van der Waals surface area contributed by atoms with Crippen molar-refractivity contribution in [2.45, 2.75) is 31.8 Å². The maximum absolute atomic E-state index is 11.5.